The third-order valence-corrected chi connectivity index (χ3v) is 2.30. The van der Waals surface area contributed by atoms with Crippen molar-refractivity contribution < 1.29 is 18.7 Å². The molecule has 0 aliphatic carbocycles. The molecule has 0 aliphatic heterocycles. The zero-order valence-electron chi connectivity index (χ0n) is 9.90. The molecule has 0 heterocycles. The highest BCUT2D eigenvalue weighted by atomic mass is 19.1. The van der Waals surface area contributed by atoms with Crippen molar-refractivity contribution in [3.05, 3.63) is 29.6 Å². The second-order valence-corrected chi connectivity index (χ2v) is 3.47. The molecule has 4 nitrogen and oxygen atoms in total. The molecule has 0 fully saturated rings. The van der Waals surface area contributed by atoms with Gasteiger partial charge in [0.05, 0.1) is 20.1 Å². The quantitative estimate of drug-likeness (QED) is 0.798. The number of ether oxygens (including phenoxy) is 2. The molecule has 94 valence electrons. The number of methoxy groups -OCH3 is 1. The van der Waals surface area contributed by atoms with Crippen molar-refractivity contribution in [2.45, 2.75) is 19.4 Å². The van der Waals surface area contributed by atoms with Crippen molar-refractivity contribution in [2.75, 3.05) is 13.7 Å². The fourth-order valence-electron chi connectivity index (χ4n) is 1.56. The van der Waals surface area contributed by atoms with Crippen LogP contribution in [0, 0.1) is 5.82 Å². The molecule has 1 rings (SSSR count). The van der Waals surface area contributed by atoms with Crippen LogP contribution in [-0.4, -0.2) is 19.7 Å². The molecule has 0 bridgehead atoms. The van der Waals surface area contributed by atoms with Crippen molar-refractivity contribution in [1.82, 2.24) is 0 Å². The molecule has 2 N–H and O–H groups in total. The Balaban J connectivity index is 2.87. The van der Waals surface area contributed by atoms with Crippen LogP contribution in [0.2, 0.25) is 0 Å². The second-order valence-electron chi connectivity index (χ2n) is 3.47. The Morgan fingerprint density at radius 1 is 1.53 bits per heavy atom. The predicted octanol–water partition coefficient (Wildman–Crippen LogP) is 1.79. The lowest BCUT2D eigenvalue weighted by Crippen LogP contribution is -2.19. The van der Waals surface area contributed by atoms with Gasteiger partial charge in [0, 0.05) is 11.6 Å². The molecule has 1 atom stereocenters. The molecule has 0 radical (unpaired) electrons. The van der Waals surface area contributed by atoms with E-state index >= 15 is 0 Å². The van der Waals surface area contributed by atoms with Gasteiger partial charge in [-0.15, -0.1) is 0 Å². The van der Waals surface area contributed by atoms with Gasteiger partial charge in [-0.2, -0.15) is 0 Å². The number of benzene rings is 1. The lowest BCUT2D eigenvalue weighted by atomic mass is 10.0. The van der Waals surface area contributed by atoms with E-state index in [2.05, 4.69) is 0 Å². The molecular formula is C12H16FNO3. The van der Waals surface area contributed by atoms with Crippen LogP contribution in [0.15, 0.2) is 18.2 Å². The lowest BCUT2D eigenvalue weighted by Gasteiger charge is -2.15. The molecular weight excluding hydrogens is 225 g/mol. The van der Waals surface area contributed by atoms with Gasteiger partial charge in [0.1, 0.15) is 11.6 Å². The Morgan fingerprint density at radius 3 is 2.82 bits per heavy atom. The number of carbonyl (C=O) groups is 1. The van der Waals surface area contributed by atoms with E-state index in [1.54, 1.807) is 13.0 Å². The highest BCUT2D eigenvalue weighted by Crippen LogP contribution is 2.28. The maximum Gasteiger partial charge on any atom is 0.307 e. The molecule has 0 spiro atoms. The van der Waals surface area contributed by atoms with Crippen molar-refractivity contribution >= 4 is 5.97 Å². The third kappa shape index (κ3) is 3.42. The van der Waals surface area contributed by atoms with E-state index in [9.17, 15) is 9.18 Å². The van der Waals surface area contributed by atoms with Crippen LogP contribution in [0.4, 0.5) is 4.39 Å². The summed E-state index contributed by atoms with van der Waals surface area (Å²) in [5, 5.41) is 0. The first-order valence-electron chi connectivity index (χ1n) is 5.33. The summed E-state index contributed by atoms with van der Waals surface area (Å²) in [6.45, 7) is 1.98. The third-order valence-electron chi connectivity index (χ3n) is 2.30. The minimum atomic E-state index is -0.773. The van der Waals surface area contributed by atoms with Crippen LogP contribution in [-0.2, 0) is 9.53 Å². The maximum atomic E-state index is 13.6. The van der Waals surface area contributed by atoms with E-state index in [0.717, 1.165) is 0 Å². The number of carbonyl (C=O) groups excluding carboxylic acids is 1. The van der Waals surface area contributed by atoms with E-state index in [4.69, 9.17) is 15.2 Å². The zero-order chi connectivity index (χ0) is 12.8. The first kappa shape index (κ1) is 13.4. The van der Waals surface area contributed by atoms with E-state index in [-0.39, 0.29) is 18.6 Å². The summed E-state index contributed by atoms with van der Waals surface area (Å²) in [6.07, 6.45) is -0.0782. The predicted molar refractivity (Wildman–Crippen MR) is 61.1 cm³/mol. The number of halogens is 1. The normalized spacial score (nSPS) is 12.0. The van der Waals surface area contributed by atoms with E-state index in [0.29, 0.717) is 5.75 Å². The highest BCUT2D eigenvalue weighted by molar-refractivity contribution is 5.70. The maximum absolute atomic E-state index is 13.6. The van der Waals surface area contributed by atoms with Gasteiger partial charge >= 0.3 is 5.97 Å². The van der Waals surface area contributed by atoms with Gasteiger partial charge in [-0.3, -0.25) is 4.79 Å². The minimum Gasteiger partial charge on any atom is -0.496 e. The molecule has 0 aromatic heterocycles. The number of hydrogen-bond acceptors (Lipinski definition) is 4. The zero-order valence-corrected chi connectivity index (χ0v) is 9.90. The van der Waals surface area contributed by atoms with E-state index < -0.39 is 17.8 Å². The lowest BCUT2D eigenvalue weighted by molar-refractivity contribution is -0.143. The van der Waals surface area contributed by atoms with Crippen LogP contribution < -0.4 is 10.5 Å². The average Bonchev–Trinajstić information content (AvgIpc) is 2.28. The van der Waals surface area contributed by atoms with E-state index in [1.165, 1.54) is 19.2 Å². The molecule has 0 saturated carbocycles. The number of nitrogens with two attached hydrogens (primary N) is 1. The molecule has 17 heavy (non-hydrogen) atoms. The molecule has 0 aliphatic rings. The van der Waals surface area contributed by atoms with Gasteiger partial charge in [-0.05, 0) is 19.1 Å². The minimum absolute atomic E-state index is 0.0782. The fourth-order valence-corrected chi connectivity index (χ4v) is 1.56. The molecule has 0 unspecified atom stereocenters. The monoisotopic (exact) mass is 241 g/mol. The summed E-state index contributed by atoms with van der Waals surface area (Å²) < 4.78 is 23.4. The topological polar surface area (TPSA) is 61.5 Å². The number of hydrogen-bond donors (Lipinski definition) is 1. The van der Waals surface area contributed by atoms with E-state index in [1.807, 2.05) is 0 Å². The second kappa shape index (κ2) is 6.20. The Morgan fingerprint density at radius 2 is 2.24 bits per heavy atom. The Hall–Kier alpha value is -1.62. The van der Waals surface area contributed by atoms with Crippen LogP contribution >= 0.6 is 0 Å². The van der Waals surface area contributed by atoms with Crippen molar-refractivity contribution in [2.24, 2.45) is 5.73 Å². The van der Waals surface area contributed by atoms with Gasteiger partial charge in [-0.25, -0.2) is 4.39 Å². The molecule has 0 amide bonds. The molecule has 1 aromatic rings. The number of rotatable bonds is 5. The summed E-state index contributed by atoms with van der Waals surface area (Å²) in [4.78, 5) is 11.3. The molecule has 0 saturated heterocycles. The van der Waals surface area contributed by atoms with Crippen LogP contribution in [0.3, 0.4) is 0 Å². The van der Waals surface area contributed by atoms with Gasteiger partial charge < -0.3 is 15.2 Å². The Labute approximate surface area is 99.5 Å². The van der Waals surface area contributed by atoms with Crippen molar-refractivity contribution in [1.29, 1.82) is 0 Å². The van der Waals surface area contributed by atoms with Gasteiger partial charge in [0.2, 0.25) is 0 Å². The van der Waals surface area contributed by atoms with Crippen LogP contribution in [0.5, 0.6) is 5.75 Å². The summed E-state index contributed by atoms with van der Waals surface area (Å²) in [6, 6.07) is 3.63. The SMILES string of the molecule is CCOC(=O)C[C@H](N)c1c(F)cccc1OC. The summed E-state index contributed by atoms with van der Waals surface area (Å²) in [7, 11) is 1.43. The average molecular weight is 241 g/mol. The molecule has 5 heteroatoms. The largest absolute Gasteiger partial charge is 0.496 e. The Bertz CT molecular complexity index is 395. The van der Waals surface area contributed by atoms with Crippen LogP contribution in [0.1, 0.15) is 24.9 Å². The summed E-state index contributed by atoms with van der Waals surface area (Å²) in [5.74, 6) is -0.603. The van der Waals surface area contributed by atoms with Gasteiger partial charge in [0.15, 0.2) is 0 Å². The van der Waals surface area contributed by atoms with Crippen molar-refractivity contribution in [3.63, 3.8) is 0 Å². The molecule has 1 aromatic carbocycles. The highest BCUT2D eigenvalue weighted by Gasteiger charge is 2.20. The van der Waals surface area contributed by atoms with Gasteiger partial charge in [-0.1, -0.05) is 6.07 Å². The fraction of sp³-hybridized carbons (Fsp3) is 0.417. The van der Waals surface area contributed by atoms with Crippen LogP contribution in [0.25, 0.3) is 0 Å². The van der Waals surface area contributed by atoms with Gasteiger partial charge in [0.25, 0.3) is 0 Å². The van der Waals surface area contributed by atoms with Crippen molar-refractivity contribution in [3.8, 4) is 5.75 Å². The first-order valence-corrected chi connectivity index (χ1v) is 5.33. The smallest absolute Gasteiger partial charge is 0.307 e. The first-order chi connectivity index (χ1) is 8.10. The summed E-state index contributed by atoms with van der Waals surface area (Å²) in [5.41, 5.74) is 5.98. The Kier molecular flexibility index (Phi) is 4.90. The number of esters is 1. The standard InChI is InChI=1S/C12H16FNO3/c1-3-17-11(15)7-9(14)12-8(13)5-4-6-10(12)16-2/h4-6,9H,3,7,14H2,1-2H3/t9-/m0/s1. The summed E-state index contributed by atoms with van der Waals surface area (Å²) >= 11 is 0.